The van der Waals surface area contributed by atoms with Crippen LogP contribution in [0.5, 0.6) is 0 Å². The van der Waals surface area contributed by atoms with E-state index in [1.165, 1.54) is 11.1 Å². The summed E-state index contributed by atoms with van der Waals surface area (Å²) in [6.45, 7) is 6.43. The van der Waals surface area contributed by atoms with E-state index >= 15 is 0 Å². The third kappa shape index (κ3) is 2.88. The van der Waals surface area contributed by atoms with Gasteiger partial charge in [0.2, 0.25) is 0 Å². The van der Waals surface area contributed by atoms with Crippen LogP contribution in [-0.4, -0.2) is 50.4 Å². The molecule has 26 heavy (non-hydrogen) atoms. The lowest BCUT2D eigenvalue weighted by atomic mass is 9.83. The Hall–Kier alpha value is -2.34. The molecule has 3 atom stereocenters. The van der Waals surface area contributed by atoms with Crippen LogP contribution < -0.4 is 0 Å². The Morgan fingerprint density at radius 1 is 1.31 bits per heavy atom. The number of aromatic nitrogens is 2. The Kier molecular flexibility index (Phi) is 4.03. The Bertz CT molecular complexity index is 824. The molecule has 0 saturated carbocycles. The van der Waals surface area contributed by atoms with Crippen molar-refractivity contribution in [1.29, 1.82) is 0 Å². The molecule has 138 valence electrons. The van der Waals surface area contributed by atoms with Crippen molar-refractivity contribution in [3.8, 4) is 11.3 Å². The Labute approximate surface area is 153 Å². The molecule has 0 aliphatic carbocycles. The molecule has 6 heteroatoms. The third-order valence-corrected chi connectivity index (χ3v) is 5.21. The number of ether oxygens (including phenoxy) is 1. The average Bonchev–Trinajstić information content (AvgIpc) is 3.14. The number of amides is 1. The van der Waals surface area contributed by atoms with Crippen LogP contribution in [0.1, 0.15) is 38.8 Å². The lowest BCUT2D eigenvalue weighted by Crippen LogP contribution is -2.50. The number of likely N-dealkylation sites (tertiary alicyclic amines) is 1. The molecule has 1 aromatic carbocycles. The molecule has 1 fully saturated rings. The van der Waals surface area contributed by atoms with Crippen molar-refractivity contribution in [3.05, 3.63) is 42.4 Å². The van der Waals surface area contributed by atoms with Gasteiger partial charge in [0, 0.05) is 18.0 Å². The van der Waals surface area contributed by atoms with E-state index in [-0.39, 0.29) is 18.1 Å². The van der Waals surface area contributed by atoms with Gasteiger partial charge < -0.3 is 19.3 Å². The number of hydrogen-bond donors (Lipinski definition) is 1. The van der Waals surface area contributed by atoms with Gasteiger partial charge in [-0.05, 0) is 32.8 Å². The number of aliphatic hydroxyl groups excluding tert-OH is 1. The maximum absolute atomic E-state index is 12.3. The predicted molar refractivity (Wildman–Crippen MR) is 97.7 cm³/mol. The van der Waals surface area contributed by atoms with Crippen molar-refractivity contribution in [3.63, 3.8) is 0 Å². The minimum absolute atomic E-state index is 0.0327. The molecule has 1 saturated heterocycles. The molecule has 6 nitrogen and oxygen atoms in total. The molecule has 0 spiro atoms. The highest BCUT2D eigenvalue weighted by Crippen LogP contribution is 2.45. The number of fused-ring (bicyclic) bond motifs is 3. The molecule has 3 heterocycles. The third-order valence-electron chi connectivity index (χ3n) is 5.21. The zero-order valence-electron chi connectivity index (χ0n) is 15.4. The number of hydrogen-bond acceptors (Lipinski definition) is 4. The fraction of sp³-hybridized carbons (Fsp3) is 0.500. The molecule has 4 rings (SSSR count). The second-order valence-electron chi connectivity index (χ2n) is 8.16. The Balaban J connectivity index is 1.55. The number of carbonyl (C=O) groups excluding carboxylic acids is 1. The number of β-amino-alcohol motifs (C(OH)–C–C–N with tert-alkyl or cyclic N) is 1. The molecule has 1 N–H and O–H groups in total. The van der Waals surface area contributed by atoms with E-state index in [0.29, 0.717) is 13.1 Å². The summed E-state index contributed by atoms with van der Waals surface area (Å²) in [7, 11) is 0. The van der Waals surface area contributed by atoms with Crippen LogP contribution in [0.25, 0.3) is 11.3 Å². The second-order valence-corrected chi connectivity index (χ2v) is 8.16. The van der Waals surface area contributed by atoms with Gasteiger partial charge >= 0.3 is 6.09 Å². The summed E-state index contributed by atoms with van der Waals surface area (Å²) in [5.41, 5.74) is 2.96. The molecule has 2 aliphatic heterocycles. The number of nitrogens with zero attached hydrogens (tertiary/aromatic N) is 3. The number of imidazole rings is 1. The van der Waals surface area contributed by atoms with Crippen LogP contribution >= 0.6 is 0 Å². The van der Waals surface area contributed by atoms with Crippen LogP contribution in [0.3, 0.4) is 0 Å². The van der Waals surface area contributed by atoms with Crippen LogP contribution in [0.15, 0.2) is 36.8 Å². The minimum atomic E-state index is -0.609. The van der Waals surface area contributed by atoms with Crippen LogP contribution in [0.2, 0.25) is 0 Å². The number of piperidine rings is 1. The first-order valence-corrected chi connectivity index (χ1v) is 9.12. The van der Waals surface area contributed by atoms with E-state index in [9.17, 15) is 9.90 Å². The minimum Gasteiger partial charge on any atom is -0.444 e. The van der Waals surface area contributed by atoms with E-state index in [0.717, 1.165) is 12.1 Å². The molecular formula is C20H25N3O3. The molecular weight excluding hydrogens is 330 g/mol. The van der Waals surface area contributed by atoms with Gasteiger partial charge in [0.1, 0.15) is 5.60 Å². The molecule has 2 aromatic rings. The van der Waals surface area contributed by atoms with E-state index in [1.54, 1.807) is 4.90 Å². The lowest BCUT2D eigenvalue weighted by Gasteiger charge is -2.39. The van der Waals surface area contributed by atoms with Crippen molar-refractivity contribution in [2.24, 2.45) is 5.92 Å². The lowest BCUT2D eigenvalue weighted by molar-refractivity contribution is -0.0193. The molecule has 3 unspecified atom stereocenters. The van der Waals surface area contributed by atoms with Crippen LogP contribution in [0.4, 0.5) is 4.79 Å². The highest BCUT2D eigenvalue weighted by atomic mass is 16.6. The fourth-order valence-electron chi connectivity index (χ4n) is 4.12. The highest BCUT2D eigenvalue weighted by molar-refractivity contribution is 5.70. The first-order chi connectivity index (χ1) is 12.3. The molecule has 1 amide bonds. The summed E-state index contributed by atoms with van der Waals surface area (Å²) in [6, 6.07) is 8.35. The van der Waals surface area contributed by atoms with Crippen molar-refractivity contribution in [2.75, 3.05) is 13.1 Å². The highest BCUT2D eigenvalue weighted by Gasteiger charge is 2.41. The van der Waals surface area contributed by atoms with Crippen molar-refractivity contribution >= 4 is 6.09 Å². The van der Waals surface area contributed by atoms with Gasteiger partial charge in [-0.3, -0.25) is 0 Å². The van der Waals surface area contributed by atoms with Gasteiger partial charge in [0.15, 0.2) is 0 Å². The van der Waals surface area contributed by atoms with E-state index in [1.807, 2.05) is 45.4 Å². The second kappa shape index (κ2) is 6.13. The number of rotatable bonds is 1. The molecule has 0 bridgehead atoms. The number of aliphatic hydroxyl groups is 1. The summed E-state index contributed by atoms with van der Waals surface area (Å²) in [6.07, 6.45) is 3.47. The molecule has 1 aromatic heterocycles. The monoisotopic (exact) mass is 355 g/mol. The van der Waals surface area contributed by atoms with E-state index in [2.05, 4.69) is 21.7 Å². The van der Waals surface area contributed by atoms with Gasteiger partial charge in [0.25, 0.3) is 0 Å². The maximum Gasteiger partial charge on any atom is 0.410 e. The zero-order chi connectivity index (χ0) is 18.5. The maximum atomic E-state index is 12.3. The fourth-order valence-corrected chi connectivity index (χ4v) is 4.12. The first kappa shape index (κ1) is 17.1. The van der Waals surface area contributed by atoms with Crippen LogP contribution in [0, 0.1) is 5.92 Å². The topological polar surface area (TPSA) is 67.6 Å². The zero-order valence-corrected chi connectivity index (χ0v) is 15.4. The largest absolute Gasteiger partial charge is 0.444 e. The van der Waals surface area contributed by atoms with Gasteiger partial charge in [-0.15, -0.1) is 0 Å². The first-order valence-electron chi connectivity index (χ1n) is 9.12. The number of benzene rings is 1. The molecule has 0 radical (unpaired) electrons. The summed E-state index contributed by atoms with van der Waals surface area (Å²) in [5, 5.41) is 10.9. The summed E-state index contributed by atoms with van der Waals surface area (Å²) in [5.74, 6) is 0.0327. The standard InChI is InChI=1S/C20H25N3O3/c1-20(2,3)26-19(25)22-9-8-15(17(24)11-22)18-14-7-5-4-6-13(14)16-10-21-12-23(16)18/h4-7,10,12,15,17-18,24H,8-9,11H2,1-3H3. The van der Waals surface area contributed by atoms with Gasteiger partial charge in [-0.2, -0.15) is 0 Å². The smallest absolute Gasteiger partial charge is 0.410 e. The SMILES string of the molecule is CC(C)(C)OC(=O)N1CCC(C2c3ccccc3-c3cncn32)C(O)C1. The van der Waals surface area contributed by atoms with Gasteiger partial charge in [0.05, 0.1) is 36.9 Å². The normalized spacial score (nSPS) is 24.9. The summed E-state index contributed by atoms with van der Waals surface area (Å²) < 4.78 is 7.60. The van der Waals surface area contributed by atoms with E-state index in [4.69, 9.17) is 4.74 Å². The summed E-state index contributed by atoms with van der Waals surface area (Å²) in [4.78, 5) is 18.2. The van der Waals surface area contributed by atoms with Crippen molar-refractivity contribution < 1.29 is 14.6 Å². The number of carbonyl (C=O) groups is 1. The predicted octanol–water partition coefficient (Wildman–Crippen LogP) is 3.07. The Morgan fingerprint density at radius 3 is 2.81 bits per heavy atom. The van der Waals surface area contributed by atoms with Crippen molar-refractivity contribution in [1.82, 2.24) is 14.5 Å². The quantitative estimate of drug-likeness (QED) is 0.854. The van der Waals surface area contributed by atoms with Gasteiger partial charge in [-0.1, -0.05) is 24.3 Å². The van der Waals surface area contributed by atoms with Gasteiger partial charge in [-0.25, -0.2) is 9.78 Å². The Morgan fingerprint density at radius 2 is 2.08 bits per heavy atom. The summed E-state index contributed by atoms with van der Waals surface area (Å²) >= 11 is 0. The van der Waals surface area contributed by atoms with Crippen LogP contribution in [-0.2, 0) is 4.74 Å². The van der Waals surface area contributed by atoms with Crippen molar-refractivity contribution in [2.45, 2.75) is 44.9 Å². The molecule has 2 aliphatic rings. The average molecular weight is 355 g/mol. The van der Waals surface area contributed by atoms with E-state index < -0.39 is 11.7 Å².